The Morgan fingerprint density at radius 2 is 1.14 bits per heavy atom. The van der Waals surface area contributed by atoms with Gasteiger partial charge in [0.25, 0.3) is 0 Å². The van der Waals surface area contributed by atoms with Crippen LogP contribution in [0.1, 0.15) is 0 Å². The van der Waals surface area contributed by atoms with Crippen LogP contribution < -0.4 is 0 Å². The molecule has 0 aromatic rings. The first kappa shape index (κ1) is 10.6. The molecule has 0 aromatic carbocycles. The van der Waals surface area contributed by atoms with Gasteiger partial charge in [-0.05, 0) is 0 Å². The fourth-order valence-corrected chi connectivity index (χ4v) is 0.321. The summed E-state index contributed by atoms with van der Waals surface area (Å²) in [7, 11) is 0. The Labute approximate surface area is 67.0 Å². The molecule has 0 unspecified atom stereocenters. The van der Waals surface area contributed by atoms with E-state index in [0.717, 1.165) is 0 Å². The zero-order chi connectivity index (χ0) is 3.54. The fourth-order valence-electron chi connectivity index (χ4n) is 0.321. The summed E-state index contributed by atoms with van der Waals surface area (Å²) in [6.07, 6.45) is 10.0. The Balaban J connectivity index is 0. The van der Waals surface area contributed by atoms with Crippen molar-refractivity contribution in [1.29, 1.82) is 0 Å². The molecule has 7 heavy (non-hydrogen) atoms. The maximum absolute atomic E-state index is 2.00. The Morgan fingerprint density at radius 1 is 0.714 bits per heavy atom. The third-order valence-corrected chi connectivity index (χ3v) is 0.556. The summed E-state index contributed by atoms with van der Waals surface area (Å²) >= 11 is 0. The summed E-state index contributed by atoms with van der Waals surface area (Å²) in [4.78, 5) is 0. The van der Waals surface area contributed by atoms with Gasteiger partial charge in [-0.1, -0.05) is 24.3 Å². The molecular formula is C5H9AlLi. The molecule has 0 fully saturated rings. The van der Waals surface area contributed by atoms with E-state index >= 15 is 0 Å². The maximum atomic E-state index is 2.00. The molecule has 0 amide bonds. The Hall–Kier alpha value is 0.610. The zero-order valence-electron chi connectivity index (χ0n) is 2.89. The number of rotatable bonds is 0. The molecule has 1 radical (unpaired) electrons. The van der Waals surface area contributed by atoms with Crippen LogP contribution in [-0.4, -0.2) is 36.2 Å². The molecule has 1 aliphatic rings. The van der Waals surface area contributed by atoms with Crippen LogP contribution in [0.3, 0.4) is 0 Å². The van der Waals surface area contributed by atoms with Crippen molar-refractivity contribution in [3.63, 3.8) is 0 Å². The van der Waals surface area contributed by atoms with Crippen LogP contribution in [0.4, 0.5) is 0 Å². The van der Waals surface area contributed by atoms with Crippen LogP contribution >= 0.6 is 0 Å². The molecule has 0 saturated heterocycles. The number of hydrogen-bond donors (Lipinski definition) is 0. The van der Waals surface area contributed by atoms with Crippen molar-refractivity contribution in [1.82, 2.24) is 0 Å². The molecular weight excluding hydrogens is 94.0 g/mol. The molecule has 0 aliphatic heterocycles. The topological polar surface area (TPSA) is 0 Å². The molecule has 1 aliphatic carbocycles. The third kappa shape index (κ3) is 4.46. The van der Waals surface area contributed by atoms with Crippen LogP contribution in [0.15, 0.2) is 24.3 Å². The molecule has 0 aromatic heterocycles. The van der Waals surface area contributed by atoms with Crippen LogP contribution in [0.25, 0.3) is 0 Å². The van der Waals surface area contributed by atoms with Gasteiger partial charge < -0.3 is 0 Å². The molecule has 0 spiro atoms. The SMILES string of the molecule is [AlH3].[CH]1C=CC=C1.[LiH]. The minimum atomic E-state index is 0. The van der Waals surface area contributed by atoms with E-state index in [-0.39, 0.29) is 36.2 Å². The molecule has 0 atom stereocenters. The average molecular weight is 103 g/mol. The van der Waals surface area contributed by atoms with Gasteiger partial charge in [-0.3, -0.25) is 0 Å². The molecule has 0 N–H and O–H groups in total. The van der Waals surface area contributed by atoms with Crippen molar-refractivity contribution in [2.45, 2.75) is 0 Å². The van der Waals surface area contributed by atoms with Gasteiger partial charge in [0, 0.05) is 6.42 Å². The van der Waals surface area contributed by atoms with Gasteiger partial charge >= 0.3 is 18.9 Å². The van der Waals surface area contributed by atoms with Crippen LogP contribution in [0, 0.1) is 6.42 Å². The first-order chi connectivity index (χ1) is 2.50. The molecule has 1 rings (SSSR count). The molecule has 0 saturated carbocycles. The molecule has 0 nitrogen and oxygen atoms in total. The second kappa shape index (κ2) is 6.61. The van der Waals surface area contributed by atoms with E-state index < -0.39 is 0 Å². The van der Waals surface area contributed by atoms with Gasteiger partial charge in [-0.2, -0.15) is 0 Å². The normalized spacial score (nSPS) is 12.6. The summed E-state index contributed by atoms with van der Waals surface area (Å²) in [6, 6.07) is 0. The van der Waals surface area contributed by atoms with E-state index in [9.17, 15) is 0 Å². The standard InChI is InChI=1S/C5H5.Al.Li.4H/c1-2-4-5-3-1;;;;;;/h1-5H;;;;;;. The van der Waals surface area contributed by atoms with E-state index in [1.165, 1.54) is 0 Å². The van der Waals surface area contributed by atoms with Crippen LogP contribution in [0.5, 0.6) is 0 Å². The van der Waals surface area contributed by atoms with Crippen molar-refractivity contribution in [3.05, 3.63) is 30.7 Å². The summed E-state index contributed by atoms with van der Waals surface area (Å²) in [6.45, 7) is 0. The first-order valence-electron chi connectivity index (χ1n) is 1.67. The summed E-state index contributed by atoms with van der Waals surface area (Å²) < 4.78 is 0. The second-order valence-electron chi connectivity index (χ2n) is 0.962. The predicted octanol–water partition coefficient (Wildman–Crippen LogP) is -0.516. The predicted molar refractivity (Wildman–Crippen MR) is 39.7 cm³/mol. The van der Waals surface area contributed by atoms with E-state index in [4.69, 9.17) is 0 Å². The van der Waals surface area contributed by atoms with Gasteiger partial charge in [0.1, 0.15) is 0 Å². The Bertz CT molecular complexity index is 66.1. The van der Waals surface area contributed by atoms with Crippen molar-refractivity contribution in [2.75, 3.05) is 0 Å². The van der Waals surface area contributed by atoms with Crippen LogP contribution in [0.2, 0.25) is 0 Å². The van der Waals surface area contributed by atoms with Gasteiger partial charge in [-0.15, -0.1) is 0 Å². The number of allylic oxidation sites excluding steroid dienone is 4. The van der Waals surface area contributed by atoms with E-state index in [2.05, 4.69) is 0 Å². The molecule has 2 heteroatoms. The van der Waals surface area contributed by atoms with Crippen molar-refractivity contribution >= 4 is 36.2 Å². The van der Waals surface area contributed by atoms with Gasteiger partial charge in [0.15, 0.2) is 17.4 Å². The van der Waals surface area contributed by atoms with Crippen molar-refractivity contribution < 1.29 is 0 Å². The summed E-state index contributed by atoms with van der Waals surface area (Å²) in [5.74, 6) is 0. The van der Waals surface area contributed by atoms with E-state index in [1.807, 2.05) is 30.7 Å². The molecule has 33 valence electrons. The first-order valence-corrected chi connectivity index (χ1v) is 1.67. The third-order valence-electron chi connectivity index (χ3n) is 0.556. The fraction of sp³-hybridized carbons (Fsp3) is 0. The van der Waals surface area contributed by atoms with E-state index in [1.54, 1.807) is 0 Å². The minimum absolute atomic E-state index is 0. The average Bonchev–Trinajstić information content (AvgIpc) is 1.76. The van der Waals surface area contributed by atoms with Gasteiger partial charge in [-0.25, -0.2) is 0 Å². The molecule has 0 heterocycles. The quantitative estimate of drug-likeness (QED) is 0.362. The summed E-state index contributed by atoms with van der Waals surface area (Å²) in [5, 5.41) is 0. The zero-order valence-corrected chi connectivity index (χ0v) is 2.89. The van der Waals surface area contributed by atoms with E-state index in [0.29, 0.717) is 0 Å². The second-order valence-corrected chi connectivity index (χ2v) is 0.962. The Kier molecular flexibility index (Phi) is 9.98. The van der Waals surface area contributed by atoms with Gasteiger partial charge in [0.2, 0.25) is 0 Å². The Morgan fingerprint density at radius 3 is 1.29 bits per heavy atom. The number of hydrogen-bond acceptors (Lipinski definition) is 0. The summed E-state index contributed by atoms with van der Waals surface area (Å²) in [5.41, 5.74) is 0. The van der Waals surface area contributed by atoms with Crippen molar-refractivity contribution in [3.8, 4) is 0 Å². The van der Waals surface area contributed by atoms with Crippen LogP contribution in [-0.2, 0) is 0 Å². The van der Waals surface area contributed by atoms with Crippen molar-refractivity contribution in [2.24, 2.45) is 0 Å². The van der Waals surface area contributed by atoms with Gasteiger partial charge in [0.05, 0.1) is 0 Å². The molecule has 0 bridgehead atoms. The monoisotopic (exact) mass is 103 g/mol.